The van der Waals surface area contributed by atoms with Gasteiger partial charge >= 0.3 is 6.18 Å². The normalized spacial score (nSPS) is 13.3. The van der Waals surface area contributed by atoms with Gasteiger partial charge in [-0.3, -0.25) is 0 Å². The van der Waals surface area contributed by atoms with E-state index in [2.05, 4.69) is 20.4 Å². The zero-order chi connectivity index (χ0) is 19.8. The first-order valence-electron chi connectivity index (χ1n) is 8.12. The smallest absolute Gasteiger partial charge is 0.368 e. The molecule has 0 bridgehead atoms. The predicted octanol–water partition coefficient (Wildman–Crippen LogP) is 3.31. The molecule has 0 aliphatic rings. The number of fused-ring (bicyclic) bond motifs is 1. The zero-order valence-electron chi connectivity index (χ0n) is 14.9. The Balaban J connectivity index is 1.90. The molecule has 0 spiro atoms. The third kappa shape index (κ3) is 4.16. The van der Waals surface area contributed by atoms with E-state index in [1.165, 1.54) is 12.1 Å². The van der Waals surface area contributed by atoms with Crippen LogP contribution in [-0.2, 0) is 6.18 Å². The molecule has 2 heterocycles. The first-order chi connectivity index (χ1) is 12.6. The number of nitrogens with one attached hydrogen (secondary N) is 1. The van der Waals surface area contributed by atoms with Crippen LogP contribution in [0.25, 0.3) is 5.78 Å². The summed E-state index contributed by atoms with van der Waals surface area (Å²) in [6.07, 6.45) is -4.65. The second-order valence-corrected chi connectivity index (χ2v) is 6.34. The number of nitrogens with zero attached hydrogens (tertiary/aromatic N) is 5. The van der Waals surface area contributed by atoms with Crippen molar-refractivity contribution in [1.29, 1.82) is 0 Å². The van der Waals surface area contributed by atoms with Gasteiger partial charge in [-0.2, -0.15) is 22.7 Å². The molecule has 1 atom stereocenters. The second-order valence-electron chi connectivity index (χ2n) is 6.34. The average molecular weight is 382 g/mol. The van der Waals surface area contributed by atoms with Crippen LogP contribution in [0.15, 0.2) is 30.3 Å². The molecular formula is C17H18F4N6. The van der Waals surface area contributed by atoms with E-state index in [9.17, 15) is 17.6 Å². The summed E-state index contributed by atoms with van der Waals surface area (Å²) < 4.78 is 52.9. The Morgan fingerprint density at radius 2 is 1.81 bits per heavy atom. The number of hydrogen-bond acceptors (Lipinski definition) is 5. The number of anilines is 1. The van der Waals surface area contributed by atoms with Crippen LogP contribution in [0.2, 0.25) is 0 Å². The molecule has 6 nitrogen and oxygen atoms in total. The molecule has 1 unspecified atom stereocenters. The summed E-state index contributed by atoms with van der Waals surface area (Å²) in [5, 5.41) is 6.63. The SMILES string of the molecule is Cc1cc(NCC(c2ccc(F)cc2)N(C)C)n2nc(C(F)(F)F)nc2n1. The lowest BCUT2D eigenvalue weighted by molar-refractivity contribution is -0.144. The summed E-state index contributed by atoms with van der Waals surface area (Å²) in [6, 6.07) is 7.54. The van der Waals surface area contributed by atoms with Crippen molar-refractivity contribution in [3.8, 4) is 0 Å². The van der Waals surface area contributed by atoms with Crippen LogP contribution in [0.1, 0.15) is 23.1 Å². The summed E-state index contributed by atoms with van der Waals surface area (Å²) in [4.78, 5) is 9.38. The monoisotopic (exact) mass is 382 g/mol. The molecule has 27 heavy (non-hydrogen) atoms. The minimum Gasteiger partial charge on any atom is -0.368 e. The second kappa shape index (κ2) is 7.10. The fourth-order valence-corrected chi connectivity index (χ4v) is 2.72. The molecule has 3 aromatic rings. The van der Waals surface area contributed by atoms with Crippen molar-refractivity contribution < 1.29 is 17.6 Å². The highest BCUT2D eigenvalue weighted by Crippen LogP contribution is 2.27. The number of likely N-dealkylation sites (N-methyl/N-ethyl adjacent to an activating group) is 1. The Morgan fingerprint density at radius 1 is 1.15 bits per heavy atom. The number of hydrogen-bond donors (Lipinski definition) is 1. The summed E-state index contributed by atoms with van der Waals surface area (Å²) in [6.45, 7) is 2.02. The number of alkyl halides is 3. The quantitative estimate of drug-likeness (QED) is 0.686. The van der Waals surface area contributed by atoms with Crippen LogP contribution in [-0.4, -0.2) is 45.1 Å². The molecule has 0 saturated heterocycles. The molecule has 0 radical (unpaired) electrons. The minimum atomic E-state index is -4.65. The maximum Gasteiger partial charge on any atom is 0.453 e. The van der Waals surface area contributed by atoms with E-state index in [0.29, 0.717) is 18.1 Å². The molecule has 10 heteroatoms. The predicted molar refractivity (Wildman–Crippen MR) is 91.8 cm³/mol. The fraction of sp³-hybridized carbons (Fsp3) is 0.353. The lowest BCUT2D eigenvalue weighted by Gasteiger charge is -2.25. The minimum absolute atomic E-state index is 0.131. The van der Waals surface area contributed by atoms with Crippen molar-refractivity contribution in [3.05, 3.63) is 53.2 Å². The van der Waals surface area contributed by atoms with E-state index in [0.717, 1.165) is 10.1 Å². The van der Waals surface area contributed by atoms with Crippen molar-refractivity contribution in [2.24, 2.45) is 0 Å². The number of halogens is 4. The molecule has 0 amide bonds. The van der Waals surface area contributed by atoms with Gasteiger partial charge in [-0.15, -0.1) is 5.10 Å². The van der Waals surface area contributed by atoms with E-state index in [4.69, 9.17) is 0 Å². The molecule has 3 rings (SSSR count). The lowest BCUT2D eigenvalue weighted by atomic mass is 10.1. The topological polar surface area (TPSA) is 58.4 Å². The maximum absolute atomic E-state index is 13.2. The van der Waals surface area contributed by atoms with E-state index < -0.39 is 12.0 Å². The van der Waals surface area contributed by atoms with E-state index in [-0.39, 0.29) is 17.6 Å². The lowest BCUT2D eigenvalue weighted by Crippen LogP contribution is -2.27. The van der Waals surface area contributed by atoms with Crippen LogP contribution in [0.4, 0.5) is 23.4 Å². The number of benzene rings is 1. The van der Waals surface area contributed by atoms with Gasteiger partial charge in [0.1, 0.15) is 11.6 Å². The first-order valence-corrected chi connectivity index (χ1v) is 8.12. The van der Waals surface area contributed by atoms with Crippen molar-refractivity contribution in [1.82, 2.24) is 24.5 Å². The highest BCUT2D eigenvalue weighted by Gasteiger charge is 2.36. The summed E-state index contributed by atoms with van der Waals surface area (Å²) in [5.41, 5.74) is 1.37. The Labute approximate surface area is 152 Å². The zero-order valence-corrected chi connectivity index (χ0v) is 14.9. The highest BCUT2D eigenvalue weighted by atomic mass is 19.4. The van der Waals surface area contributed by atoms with Crippen LogP contribution >= 0.6 is 0 Å². The largest absolute Gasteiger partial charge is 0.453 e. The fourth-order valence-electron chi connectivity index (χ4n) is 2.72. The summed E-state index contributed by atoms with van der Waals surface area (Å²) in [5.74, 6) is -1.37. The number of rotatable bonds is 5. The molecule has 1 N–H and O–H groups in total. The highest BCUT2D eigenvalue weighted by molar-refractivity contribution is 5.46. The number of aryl methyl sites for hydroxylation is 1. The van der Waals surface area contributed by atoms with Gasteiger partial charge in [0.25, 0.3) is 11.6 Å². The molecular weight excluding hydrogens is 364 g/mol. The molecule has 1 aromatic carbocycles. The standard InChI is InChI=1S/C17H18F4N6/c1-10-8-14(27-16(23-10)24-15(25-27)17(19,20)21)22-9-13(26(2)3)11-4-6-12(18)7-5-11/h4-8,13,22H,9H2,1-3H3. The van der Waals surface area contributed by atoms with Gasteiger partial charge in [0, 0.05) is 18.3 Å². The van der Waals surface area contributed by atoms with E-state index in [1.54, 1.807) is 25.1 Å². The van der Waals surface area contributed by atoms with Gasteiger partial charge in [0.05, 0.1) is 6.04 Å². The third-order valence-electron chi connectivity index (χ3n) is 4.05. The molecule has 144 valence electrons. The van der Waals surface area contributed by atoms with Crippen LogP contribution < -0.4 is 5.32 Å². The van der Waals surface area contributed by atoms with Crippen molar-refractivity contribution in [2.75, 3.05) is 26.0 Å². The molecule has 2 aromatic heterocycles. The van der Waals surface area contributed by atoms with Gasteiger partial charge in [-0.05, 0) is 38.7 Å². The van der Waals surface area contributed by atoms with Crippen molar-refractivity contribution in [2.45, 2.75) is 19.1 Å². The Morgan fingerprint density at radius 3 is 2.41 bits per heavy atom. The summed E-state index contributed by atoms with van der Waals surface area (Å²) in [7, 11) is 3.72. The maximum atomic E-state index is 13.2. The molecule has 0 saturated carbocycles. The van der Waals surface area contributed by atoms with Crippen molar-refractivity contribution >= 4 is 11.6 Å². The Hall–Kier alpha value is -2.75. The Kier molecular flexibility index (Phi) is 5.01. The van der Waals surface area contributed by atoms with E-state index >= 15 is 0 Å². The van der Waals surface area contributed by atoms with Gasteiger partial charge in [0.15, 0.2) is 0 Å². The molecule has 0 aliphatic carbocycles. The average Bonchev–Trinajstić information content (AvgIpc) is 3.00. The van der Waals surface area contributed by atoms with Gasteiger partial charge < -0.3 is 10.2 Å². The first kappa shape index (κ1) is 19.0. The Bertz CT molecular complexity index is 933. The van der Waals surface area contributed by atoms with Crippen LogP contribution in [0, 0.1) is 12.7 Å². The summed E-state index contributed by atoms with van der Waals surface area (Å²) >= 11 is 0. The van der Waals surface area contributed by atoms with Gasteiger partial charge in [-0.1, -0.05) is 12.1 Å². The van der Waals surface area contributed by atoms with E-state index in [1.807, 2.05) is 19.0 Å². The number of aromatic nitrogens is 4. The van der Waals surface area contributed by atoms with Crippen molar-refractivity contribution in [3.63, 3.8) is 0 Å². The third-order valence-corrected chi connectivity index (χ3v) is 4.05. The van der Waals surface area contributed by atoms with Gasteiger partial charge in [-0.25, -0.2) is 9.37 Å². The van der Waals surface area contributed by atoms with Crippen LogP contribution in [0.3, 0.4) is 0 Å². The molecule has 0 fully saturated rings. The van der Waals surface area contributed by atoms with Gasteiger partial charge in [0.2, 0.25) is 0 Å². The molecule has 0 aliphatic heterocycles. The van der Waals surface area contributed by atoms with Crippen LogP contribution in [0.5, 0.6) is 0 Å².